The van der Waals surface area contributed by atoms with Gasteiger partial charge in [0.2, 0.25) is 0 Å². The molecule has 1 aliphatic rings. The van der Waals surface area contributed by atoms with E-state index in [2.05, 4.69) is 0 Å². The Bertz CT molecular complexity index is 136. The Hall–Kier alpha value is -0.410. The predicted molar refractivity (Wildman–Crippen MR) is 37.7 cm³/mol. The number of nitrogens with zero attached hydrogens (tertiary/aromatic N) is 1. The van der Waals surface area contributed by atoms with Crippen LogP contribution in [0.15, 0.2) is 0 Å². The molecule has 0 aromatic rings. The number of piperidine rings is 1. The molecule has 10 heavy (non-hydrogen) atoms. The maximum Gasteiger partial charge on any atom is 0.175 e. The summed E-state index contributed by atoms with van der Waals surface area (Å²) in [7, 11) is 0. The molecule has 0 spiro atoms. The van der Waals surface area contributed by atoms with Gasteiger partial charge in [-0.15, -0.1) is 0 Å². The van der Waals surface area contributed by atoms with Crippen molar-refractivity contribution in [3.63, 3.8) is 0 Å². The van der Waals surface area contributed by atoms with Gasteiger partial charge >= 0.3 is 0 Å². The van der Waals surface area contributed by atoms with E-state index in [0.717, 1.165) is 13.1 Å². The van der Waals surface area contributed by atoms with Crippen molar-refractivity contribution in [1.29, 1.82) is 0 Å². The topological polar surface area (TPSA) is 40.5 Å². The highest BCUT2D eigenvalue weighted by Crippen LogP contribution is 2.05. The maximum absolute atomic E-state index is 10.9. The molecule has 58 valence electrons. The quantitative estimate of drug-likeness (QED) is 0.545. The number of carbonyl (C=O) groups excluding carboxylic acids is 1. The predicted octanol–water partition coefficient (Wildman–Crippen LogP) is -0.358. The molecule has 0 amide bonds. The monoisotopic (exact) mass is 143 g/mol. The summed E-state index contributed by atoms with van der Waals surface area (Å²) < 4.78 is 0. The van der Waals surface area contributed by atoms with E-state index >= 15 is 0 Å². The van der Waals surface area contributed by atoms with Crippen LogP contribution in [0.4, 0.5) is 0 Å². The van der Waals surface area contributed by atoms with Gasteiger partial charge < -0.3 is 5.11 Å². The second-order valence-electron chi connectivity index (χ2n) is 2.64. The molecule has 1 rings (SSSR count). The summed E-state index contributed by atoms with van der Waals surface area (Å²) in [6.07, 6.45) is -0.0880. The highest BCUT2D eigenvalue weighted by Gasteiger charge is 2.23. The van der Waals surface area contributed by atoms with Gasteiger partial charge in [0.25, 0.3) is 0 Å². The van der Waals surface area contributed by atoms with Crippen molar-refractivity contribution in [3.8, 4) is 0 Å². The molecule has 0 aromatic carbocycles. The van der Waals surface area contributed by atoms with Crippen LogP contribution in [0.2, 0.25) is 0 Å². The van der Waals surface area contributed by atoms with Crippen molar-refractivity contribution >= 4 is 5.78 Å². The molecular weight excluding hydrogens is 130 g/mol. The third-order valence-corrected chi connectivity index (χ3v) is 1.92. The van der Waals surface area contributed by atoms with Crippen LogP contribution in [0.3, 0.4) is 0 Å². The molecule has 0 aliphatic carbocycles. The maximum atomic E-state index is 10.9. The zero-order valence-corrected chi connectivity index (χ0v) is 6.21. The van der Waals surface area contributed by atoms with Gasteiger partial charge in [-0.2, -0.15) is 0 Å². The smallest absolute Gasteiger partial charge is 0.175 e. The molecule has 1 atom stereocenters. The zero-order valence-electron chi connectivity index (χ0n) is 6.21. The first-order chi connectivity index (χ1) is 4.74. The van der Waals surface area contributed by atoms with Gasteiger partial charge in [0.15, 0.2) is 5.78 Å². The van der Waals surface area contributed by atoms with Gasteiger partial charge in [-0.05, 0) is 13.0 Å². The normalized spacial score (nSPS) is 29.0. The number of likely N-dealkylation sites (tertiary alicyclic amines) is 1. The van der Waals surface area contributed by atoms with Crippen LogP contribution < -0.4 is 0 Å². The van der Waals surface area contributed by atoms with E-state index in [1.165, 1.54) is 0 Å². The molecule has 1 unspecified atom stereocenters. The van der Waals surface area contributed by atoms with E-state index in [1.807, 2.05) is 11.8 Å². The minimum atomic E-state index is -0.692. The molecular formula is C7H13NO2. The van der Waals surface area contributed by atoms with Gasteiger partial charge in [0.05, 0.1) is 6.54 Å². The van der Waals surface area contributed by atoms with E-state index in [0.29, 0.717) is 13.0 Å². The molecule has 0 aromatic heterocycles. The van der Waals surface area contributed by atoms with Crippen LogP contribution in [-0.2, 0) is 4.79 Å². The number of aliphatic hydroxyl groups excluding tert-OH is 1. The summed E-state index contributed by atoms with van der Waals surface area (Å²) in [5, 5.41) is 9.01. The van der Waals surface area contributed by atoms with Crippen LogP contribution in [0.1, 0.15) is 13.3 Å². The van der Waals surface area contributed by atoms with E-state index in [1.54, 1.807) is 0 Å². The van der Waals surface area contributed by atoms with E-state index in [9.17, 15) is 4.79 Å². The number of carbonyl (C=O) groups is 1. The van der Waals surface area contributed by atoms with Crippen molar-refractivity contribution < 1.29 is 9.90 Å². The third kappa shape index (κ3) is 1.55. The SMILES string of the molecule is CCN1CCC(O)C(=O)C1. The Morgan fingerprint density at radius 3 is 3.00 bits per heavy atom. The summed E-state index contributed by atoms with van der Waals surface area (Å²) in [6.45, 7) is 4.20. The molecule has 1 aliphatic heterocycles. The third-order valence-electron chi connectivity index (χ3n) is 1.92. The Kier molecular flexibility index (Phi) is 2.40. The van der Waals surface area contributed by atoms with Gasteiger partial charge in [-0.25, -0.2) is 0 Å². The second kappa shape index (κ2) is 3.12. The Morgan fingerprint density at radius 2 is 2.50 bits per heavy atom. The highest BCUT2D eigenvalue weighted by molar-refractivity contribution is 5.85. The fourth-order valence-electron chi connectivity index (χ4n) is 1.14. The molecule has 3 nitrogen and oxygen atoms in total. The summed E-state index contributed by atoms with van der Waals surface area (Å²) >= 11 is 0. The molecule has 0 radical (unpaired) electrons. The molecule has 1 heterocycles. The Morgan fingerprint density at radius 1 is 1.80 bits per heavy atom. The fourth-order valence-corrected chi connectivity index (χ4v) is 1.14. The minimum absolute atomic E-state index is 0.0342. The van der Waals surface area contributed by atoms with E-state index in [-0.39, 0.29) is 5.78 Å². The first-order valence-electron chi connectivity index (χ1n) is 3.67. The molecule has 1 fully saturated rings. The van der Waals surface area contributed by atoms with Crippen LogP contribution in [0.25, 0.3) is 0 Å². The average molecular weight is 143 g/mol. The van der Waals surface area contributed by atoms with Crippen molar-refractivity contribution in [2.45, 2.75) is 19.4 Å². The number of ketones is 1. The number of hydrogen-bond donors (Lipinski definition) is 1. The van der Waals surface area contributed by atoms with Gasteiger partial charge in [0.1, 0.15) is 6.10 Å². The second-order valence-corrected chi connectivity index (χ2v) is 2.64. The number of aliphatic hydroxyl groups is 1. The number of rotatable bonds is 1. The van der Waals surface area contributed by atoms with Gasteiger partial charge in [-0.3, -0.25) is 9.69 Å². The Balaban J connectivity index is 2.41. The fraction of sp³-hybridized carbons (Fsp3) is 0.857. The lowest BCUT2D eigenvalue weighted by Gasteiger charge is -2.26. The number of hydrogen-bond acceptors (Lipinski definition) is 3. The van der Waals surface area contributed by atoms with Crippen molar-refractivity contribution in [1.82, 2.24) is 4.90 Å². The highest BCUT2D eigenvalue weighted by atomic mass is 16.3. The average Bonchev–Trinajstić information content (AvgIpc) is 1.95. The number of Topliss-reactive ketones (excluding diaryl/α,β-unsaturated/α-hetero) is 1. The number of likely N-dealkylation sites (N-methyl/N-ethyl adjacent to an activating group) is 1. The van der Waals surface area contributed by atoms with Crippen LogP contribution in [0, 0.1) is 0 Å². The largest absolute Gasteiger partial charge is 0.385 e. The molecule has 3 heteroatoms. The lowest BCUT2D eigenvalue weighted by molar-refractivity contribution is -0.131. The first-order valence-corrected chi connectivity index (χ1v) is 3.67. The van der Waals surface area contributed by atoms with Gasteiger partial charge in [-0.1, -0.05) is 6.92 Å². The Labute approximate surface area is 60.6 Å². The lowest BCUT2D eigenvalue weighted by atomic mass is 10.1. The molecule has 1 N–H and O–H groups in total. The van der Waals surface area contributed by atoms with Crippen LogP contribution >= 0.6 is 0 Å². The van der Waals surface area contributed by atoms with Gasteiger partial charge in [0, 0.05) is 6.54 Å². The lowest BCUT2D eigenvalue weighted by Crippen LogP contribution is -2.43. The summed E-state index contributed by atoms with van der Waals surface area (Å²) in [5.41, 5.74) is 0. The zero-order chi connectivity index (χ0) is 7.56. The summed E-state index contributed by atoms with van der Waals surface area (Å²) in [4.78, 5) is 12.9. The minimum Gasteiger partial charge on any atom is -0.385 e. The van der Waals surface area contributed by atoms with Crippen molar-refractivity contribution in [3.05, 3.63) is 0 Å². The van der Waals surface area contributed by atoms with Crippen molar-refractivity contribution in [2.75, 3.05) is 19.6 Å². The molecule has 0 saturated carbocycles. The first kappa shape index (κ1) is 7.69. The van der Waals surface area contributed by atoms with Crippen LogP contribution in [-0.4, -0.2) is 41.5 Å². The summed E-state index contributed by atoms with van der Waals surface area (Å²) in [6, 6.07) is 0. The van der Waals surface area contributed by atoms with E-state index in [4.69, 9.17) is 5.11 Å². The van der Waals surface area contributed by atoms with E-state index < -0.39 is 6.10 Å². The molecule has 0 bridgehead atoms. The summed E-state index contributed by atoms with van der Waals surface area (Å²) in [5.74, 6) is -0.0342. The molecule has 1 saturated heterocycles. The van der Waals surface area contributed by atoms with Crippen molar-refractivity contribution in [2.24, 2.45) is 0 Å². The van der Waals surface area contributed by atoms with Crippen LogP contribution in [0.5, 0.6) is 0 Å². The standard InChI is InChI=1S/C7H13NO2/c1-2-8-4-3-6(9)7(10)5-8/h6,9H,2-5H2,1H3.